The van der Waals surface area contributed by atoms with E-state index in [-0.39, 0.29) is 10.8 Å². The summed E-state index contributed by atoms with van der Waals surface area (Å²) in [5.41, 5.74) is 1.53. The lowest BCUT2D eigenvalue weighted by molar-refractivity contribution is 0.597. The average molecular weight is 248 g/mol. The molecule has 0 radical (unpaired) electrons. The first-order chi connectivity index (χ1) is 6.73. The molecule has 0 atom stereocenters. The Labute approximate surface area is 95.3 Å². The summed E-state index contributed by atoms with van der Waals surface area (Å²) in [5.74, 6) is 0.165. The van der Waals surface area contributed by atoms with Gasteiger partial charge in [-0.1, -0.05) is 25.4 Å². The molecule has 0 aliphatic rings. The Balaban J connectivity index is 3.50. The number of hydrogen-bond donors (Lipinski definition) is 1. The molecule has 0 saturated carbocycles. The van der Waals surface area contributed by atoms with Crippen LogP contribution in [0.15, 0.2) is 17.0 Å². The second-order valence-corrected chi connectivity index (χ2v) is 5.78. The van der Waals surface area contributed by atoms with Crippen LogP contribution in [0.25, 0.3) is 0 Å². The molecule has 0 aliphatic carbocycles. The molecule has 0 spiro atoms. The van der Waals surface area contributed by atoms with Gasteiger partial charge in [0.05, 0.1) is 4.90 Å². The van der Waals surface area contributed by atoms with Gasteiger partial charge in [-0.25, -0.2) is 13.6 Å². The minimum absolute atomic E-state index is 0.119. The van der Waals surface area contributed by atoms with E-state index < -0.39 is 10.0 Å². The van der Waals surface area contributed by atoms with Crippen molar-refractivity contribution in [2.45, 2.75) is 31.6 Å². The third kappa shape index (κ3) is 2.71. The Morgan fingerprint density at radius 1 is 1.33 bits per heavy atom. The molecule has 0 bridgehead atoms. The fraction of sp³-hybridized carbons (Fsp3) is 0.400. The number of nitrogens with two attached hydrogens (primary N) is 1. The van der Waals surface area contributed by atoms with E-state index >= 15 is 0 Å². The highest BCUT2D eigenvalue weighted by Crippen LogP contribution is 2.29. The predicted molar refractivity (Wildman–Crippen MR) is 61.7 cm³/mol. The second-order valence-electron chi connectivity index (χ2n) is 3.84. The normalized spacial score (nSPS) is 12.1. The second kappa shape index (κ2) is 4.12. The average Bonchev–Trinajstić information content (AvgIpc) is 2.06. The minimum Gasteiger partial charge on any atom is -0.225 e. The summed E-state index contributed by atoms with van der Waals surface area (Å²) in [6, 6.07) is 3.03. The number of aryl methyl sites for hydroxylation is 1. The van der Waals surface area contributed by atoms with Crippen LogP contribution in [0.1, 0.15) is 30.9 Å². The van der Waals surface area contributed by atoms with Crippen LogP contribution in [0.5, 0.6) is 0 Å². The fourth-order valence-corrected chi connectivity index (χ4v) is 2.31. The van der Waals surface area contributed by atoms with Gasteiger partial charge in [0.15, 0.2) is 0 Å². The largest absolute Gasteiger partial charge is 0.238 e. The van der Waals surface area contributed by atoms with Crippen LogP contribution in [0.2, 0.25) is 5.02 Å². The number of rotatable bonds is 2. The Hall–Kier alpha value is -0.580. The number of halogens is 1. The van der Waals surface area contributed by atoms with E-state index in [1.54, 1.807) is 6.92 Å². The quantitative estimate of drug-likeness (QED) is 0.873. The predicted octanol–water partition coefficient (Wildman–Crippen LogP) is 2.42. The van der Waals surface area contributed by atoms with Crippen molar-refractivity contribution in [3.05, 3.63) is 28.3 Å². The summed E-state index contributed by atoms with van der Waals surface area (Å²) < 4.78 is 22.4. The van der Waals surface area contributed by atoms with Gasteiger partial charge in [0.1, 0.15) is 0 Å². The highest BCUT2D eigenvalue weighted by atomic mass is 35.5. The van der Waals surface area contributed by atoms with E-state index in [2.05, 4.69) is 0 Å². The first-order valence-corrected chi connectivity index (χ1v) is 6.48. The molecule has 0 fully saturated rings. The standard InChI is InChI=1S/C10H14ClNO2S/c1-6(2)9-5-8(15(12,13)14)4-7(3)10(9)11/h4-6H,1-3H3,(H2,12,13,14). The van der Waals surface area contributed by atoms with Crippen molar-refractivity contribution in [2.75, 3.05) is 0 Å². The van der Waals surface area contributed by atoms with Crippen molar-refractivity contribution < 1.29 is 8.42 Å². The van der Waals surface area contributed by atoms with Gasteiger partial charge in [0, 0.05) is 5.02 Å². The van der Waals surface area contributed by atoms with Gasteiger partial charge >= 0.3 is 0 Å². The van der Waals surface area contributed by atoms with Crippen molar-refractivity contribution in [2.24, 2.45) is 5.14 Å². The Morgan fingerprint density at radius 3 is 2.27 bits per heavy atom. The summed E-state index contributed by atoms with van der Waals surface area (Å²) in [6.07, 6.45) is 0. The molecular formula is C10H14ClNO2S. The monoisotopic (exact) mass is 247 g/mol. The van der Waals surface area contributed by atoms with E-state index in [0.29, 0.717) is 5.02 Å². The smallest absolute Gasteiger partial charge is 0.225 e. The summed E-state index contributed by atoms with van der Waals surface area (Å²) >= 11 is 6.07. The van der Waals surface area contributed by atoms with Crippen molar-refractivity contribution in [1.29, 1.82) is 0 Å². The number of primary sulfonamides is 1. The third-order valence-electron chi connectivity index (χ3n) is 2.21. The van der Waals surface area contributed by atoms with Crippen LogP contribution in [-0.2, 0) is 10.0 Å². The van der Waals surface area contributed by atoms with Crippen molar-refractivity contribution in [3.8, 4) is 0 Å². The van der Waals surface area contributed by atoms with Gasteiger partial charge < -0.3 is 0 Å². The van der Waals surface area contributed by atoms with E-state index in [1.165, 1.54) is 12.1 Å². The van der Waals surface area contributed by atoms with Crippen LogP contribution < -0.4 is 5.14 Å². The lowest BCUT2D eigenvalue weighted by Gasteiger charge is -2.12. The molecule has 1 aromatic rings. The highest BCUT2D eigenvalue weighted by Gasteiger charge is 2.15. The first kappa shape index (κ1) is 12.5. The van der Waals surface area contributed by atoms with Gasteiger partial charge in [0.2, 0.25) is 10.0 Å². The van der Waals surface area contributed by atoms with E-state index in [0.717, 1.165) is 11.1 Å². The zero-order chi connectivity index (χ0) is 11.8. The maximum absolute atomic E-state index is 11.2. The molecule has 0 aromatic heterocycles. The molecule has 1 aromatic carbocycles. The molecule has 0 aliphatic heterocycles. The van der Waals surface area contributed by atoms with E-state index in [9.17, 15) is 8.42 Å². The third-order valence-corrected chi connectivity index (χ3v) is 3.62. The minimum atomic E-state index is -3.66. The van der Waals surface area contributed by atoms with Gasteiger partial charge in [-0.05, 0) is 36.1 Å². The van der Waals surface area contributed by atoms with Crippen molar-refractivity contribution >= 4 is 21.6 Å². The number of sulfonamides is 1. The van der Waals surface area contributed by atoms with Gasteiger partial charge in [-0.15, -0.1) is 0 Å². The van der Waals surface area contributed by atoms with Gasteiger partial charge in [-0.3, -0.25) is 0 Å². The SMILES string of the molecule is Cc1cc(S(N)(=O)=O)cc(C(C)C)c1Cl. The number of benzene rings is 1. The molecule has 84 valence electrons. The molecule has 0 saturated heterocycles. The zero-order valence-electron chi connectivity index (χ0n) is 8.91. The maximum Gasteiger partial charge on any atom is 0.238 e. The lowest BCUT2D eigenvalue weighted by Crippen LogP contribution is -2.13. The van der Waals surface area contributed by atoms with Crippen LogP contribution in [0.4, 0.5) is 0 Å². The summed E-state index contributed by atoms with van der Waals surface area (Å²) in [5, 5.41) is 5.68. The highest BCUT2D eigenvalue weighted by molar-refractivity contribution is 7.89. The molecule has 0 heterocycles. The Bertz CT molecular complexity index is 480. The van der Waals surface area contributed by atoms with Gasteiger partial charge in [-0.2, -0.15) is 0 Å². The molecule has 0 unspecified atom stereocenters. The Morgan fingerprint density at radius 2 is 1.87 bits per heavy atom. The molecule has 5 heteroatoms. The molecular weight excluding hydrogens is 234 g/mol. The molecule has 15 heavy (non-hydrogen) atoms. The van der Waals surface area contributed by atoms with Crippen LogP contribution in [0, 0.1) is 6.92 Å². The fourth-order valence-electron chi connectivity index (χ4n) is 1.35. The summed E-state index contributed by atoms with van der Waals surface area (Å²) in [4.78, 5) is 0.119. The summed E-state index contributed by atoms with van der Waals surface area (Å²) in [7, 11) is -3.66. The molecule has 3 nitrogen and oxygen atoms in total. The van der Waals surface area contributed by atoms with E-state index in [1.807, 2.05) is 13.8 Å². The molecule has 0 amide bonds. The lowest BCUT2D eigenvalue weighted by atomic mass is 10.0. The van der Waals surface area contributed by atoms with Crippen LogP contribution >= 0.6 is 11.6 Å². The zero-order valence-corrected chi connectivity index (χ0v) is 10.5. The summed E-state index contributed by atoms with van der Waals surface area (Å²) in [6.45, 7) is 5.67. The van der Waals surface area contributed by atoms with Gasteiger partial charge in [0.25, 0.3) is 0 Å². The maximum atomic E-state index is 11.2. The van der Waals surface area contributed by atoms with Crippen LogP contribution in [0.3, 0.4) is 0 Å². The van der Waals surface area contributed by atoms with E-state index in [4.69, 9.17) is 16.7 Å². The molecule has 2 N–H and O–H groups in total. The first-order valence-electron chi connectivity index (χ1n) is 4.56. The van der Waals surface area contributed by atoms with Crippen LogP contribution in [-0.4, -0.2) is 8.42 Å². The number of hydrogen-bond acceptors (Lipinski definition) is 2. The van der Waals surface area contributed by atoms with Crippen molar-refractivity contribution in [3.63, 3.8) is 0 Å². The molecule has 1 rings (SSSR count). The topological polar surface area (TPSA) is 60.2 Å². The van der Waals surface area contributed by atoms with Crippen molar-refractivity contribution in [1.82, 2.24) is 0 Å². The Kier molecular flexibility index (Phi) is 3.43.